The van der Waals surface area contributed by atoms with Crippen molar-refractivity contribution < 1.29 is 4.42 Å². The predicted octanol–water partition coefficient (Wildman–Crippen LogP) is 1.77. The second kappa shape index (κ2) is 4.75. The van der Waals surface area contributed by atoms with Gasteiger partial charge in [0.25, 0.3) is 0 Å². The number of hydrogen-bond donors (Lipinski definition) is 3. The van der Waals surface area contributed by atoms with Crippen LogP contribution >= 0.6 is 11.6 Å². The standard InChI is InChI=1S/C11H13ClN4O/c1-6-8(2-3-17-6)10(16-14)9-4-7(12)5-15-11(9)13/h2-5,10,16H,14H2,1H3,(H2,13,15). The molecule has 5 nitrogen and oxygen atoms in total. The Hall–Kier alpha value is -1.56. The summed E-state index contributed by atoms with van der Waals surface area (Å²) in [5.74, 6) is 6.72. The zero-order valence-corrected chi connectivity index (χ0v) is 10.0. The first kappa shape index (κ1) is 11.9. The largest absolute Gasteiger partial charge is 0.469 e. The van der Waals surface area contributed by atoms with E-state index in [1.807, 2.05) is 13.0 Å². The third kappa shape index (κ3) is 2.26. The normalized spacial score (nSPS) is 12.6. The van der Waals surface area contributed by atoms with Crippen LogP contribution in [0.2, 0.25) is 5.02 Å². The fraction of sp³-hybridized carbons (Fsp3) is 0.182. The highest BCUT2D eigenvalue weighted by atomic mass is 35.5. The Bertz CT molecular complexity index is 526. The number of pyridine rings is 1. The summed E-state index contributed by atoms with van der Waals surface area (Å²) in [5, 5.41) is 0.510. The molecule has 0 amide bonds. The number of nitrogens with two attached hydrogens (primary N) is 2. The van der Waals surface area contributed by atoms with E-state index in [2.05, 4.69) is 10.4 Å². The van der Waals surface area contributed by atoms with Gasteiger partial charge in [-0.15, -0.1) is 0 Å². The van der Waals surface area contributed by atoms with Gasteiger partial charge in [-0.25, -0.2) is 10.4 Å². The third-order valence-electron chi connectivity index (χ3n) is 2.60. The molecule has 0 saturated heterocycles. The fourth-order valence-electron chi connectivity index (χ4n) is 1.74. The highest BCUT2D eigenvalue weighted by Gasteiger charge is 2.19. The first-order chi connectivity index (χ1) is 8.13. The molecule has 0 spiro atoms. The maximum absolute atomic E-state index is 5.91. The Balaban J connectivity index is 2.49. The van der Waals surface area contributed by atoms with Crippen molar-refractivity contribution in [2.75, 3.05) is 5.73 Å². The highest BCUT2D eigenvalue weighted by Crippen LogP contribution is 2.29. The first-order valence-electron chi connectivity index (χ1n) is 5.04. The Morgan fingerprint density at radius 2 is 2.24 bits per heavy atom. The fourth-order valence-corrected chi connectivity index (χ4v) is 1.90. The van der Waals surface area contributed by atoms with E-state index in [0.29, 0.717) is 10.8 Å². The van der Waals surface area contributed by atoms with Crippen LogP contribution in [0, 0.1) is 6.92 Å². The smallest absolute Gasteiger partial charge is 0.128 e. The van der Waals surface area contributed by atoms with Crippen molar-refractivity contribution in [2.24, 2.45) is 5.84 Å². The third-order valence-corrected chi connectivity index (χ3v) is 2.81. The molecule has 0 aromatic carbocycles. The van der Waals surface area contributed by atoms with Crippen LogP contribution in [0.4, 0.5) is 5.82 Å². The van der Waals surface area contributed by atoms with Crippen molar-refractivity contribution in [3.8, 4) is 0 Å². The molecule has 0 radical (unpaired) electrons. The Labute approximate surface area is 104 Å². The summed E-state index contributed by atoms with van der Waals surface area (Å²) in [5.41, 5.74) is 10.1. The van der Waals surface area contributed by atoms with E-state index >= 15 is 0 Å². The number of nitrogens with one attached hydrogen (secondary N) is 1. The molecule has 0 aliphatic heterocycles. The van der Waals surface area contributed by atoms with Crippen LogP contribution in [-0.4, -0.2) is 4.98 Å². The lowest BCUT2D eigenvalue weighted by Gasteiger charge is -2.17. The Morgan fingerprint density at radius 1 is 1.47 bits per heavy atom. The van der Waals surface area contributed by atoms with Crippen molar-refractivity contribution in [3.63, 3.8) is 0 Å². The number of nitrogens with zero attached hydrogens (tertiary/aromatic N) is 1. The molecule has 2 aromatic rings. The number of halogens is 1. The number of furan rings is 1. The molecule has 2 aromatic heterocycles. The van der Waals surface area contributed by atoms with E-state index in [0.717, 1.165) is 16.9 Å². The summed E-state index contributed by atoms with van der Waals surface area (Å²) >= 11 is 5.91. The molecule has 0 aliphatic rings. The number of nitrogen functional groups attached to an aromatic ring is 1. The number of aryl methyl sites for hydroxylation is 1. The Kier molecular flexibility index (Phi) is 3.33. The minimum absolute atomic E-state index is 0.292. The summed E-state index contributed by atoms with van der Waals surface area (Å²) in [6, 6.07) is 3.28. The minimum Gasteiger partial charge on any atom is -0.469 e. The number of aromatic nitrogens is 1. The second-order valence-electron chi connectivity index (χ2n) is 3.66. The van der Waals surface area contributed by atoms with Gasteiger partial charge in [0.15, 0.2) is 0 Å². The molecule has 1 atom stereocenters. The van der Waals surface area contributed by atoms with E-state index < -0.39 is 0 Å². The molecule has 17 heavy (non-hydrogen) atoms. The number of anilines is 1. The zero-order chi connectivity index (χ0) is 12.4. The average molecular weight is 253 g/mol. The summed E-state index contributed by atoms with van der Waals surface area (Å²) < 4.78 is 5.25. The van der Waals surface area contributed by atoms with Crippen molar-refractivity contribution in [1.82, 2.24) is 10.4 Å². The molecule has 2 rings (SSSR count). The summed E-state index contributed by atoms with van der Waals surface area (Å²) in [7, 11) is 0. The van der Waals surface area contributed by atoms with Crippen LogP contribution in [-0.2, 0) is 0 Å². The van der Waals surface area contributed by atoms with Crippen molar-refractivity contribution in [2.45, 2.75) is 13.0 Å². The van der Waals surface area contributed by atoms with Gasteiger partial charge in [-0.1, -0.05) is 11.6 Å². The van der Waals surface area contributed by atoms with Crippen LogP contribution in [0.5, 0.6) is 0 Å². The topological polar surface area (TPSA) is 90.1 Å². The Morgan fingerprint density at radius 3 is 2.82 bits per heavy atom. The first-order valence-corrected chi connectivity index (χ1v) is 5.42. The van der Waals surface area contributed by atoms with Gasteiger partial charge in [0, 0.05) is 17.3 Å². The average Bonchev–Trinajstić information content (AvgIpc) is 2.71. The molecule has 0 fully saturated rings. The van der Waals surface area contributed by atoms with E-state index in [-0.39, 0.29) is 6.04 Å². The van der Waals surface area contributed by atoms with Gasteiger partial charge in [-0.05, 0) is 19.1 Å². The van der Waals surface area contributed by atoms with E-state index in [1.54, 1.807) is 12.3 Å². The van der Waals surface area contributed by atoms with Gasteiger partial charge < -0.3 is 10.2 Å². The molecular weight excluding hydrogens is 240 g/mol. The minimum atomic E-state index is -0.292. The summed E-state index contributed by atoms with van der Waals surface area (Å²) in [4.78, 5) is 4.01. The number of hydrogen-bond acceptors (Lipinski definition) is 5. The van der Waals surface area contributed by atoms with Crippen molar-refractivity contribution in [3.05, 3.63) is 46.5 Å². The van der Waals surface area contributed by atoms with E-state index in [1.165, 1.54) is 6.20 Å². The van der Waals surface area contributed by atoms with E-state index in [9.17, 15) is 0 Å². The highest BCUT2D eigenvalue weighted by molar-refractivity contribution is 6.30. The molecule has 0 aliphatic carbocycles. The maximum atomic E-state index is 5.91. The van der Waals surface area contributed by atoms with Crippen LogP contribution in [0.25, 0.3) is 0 Å². The van der Waals surface area contributed by atoms with Gasteiger partial charge in [0.2, 0.25) is 0 Å². The number of rotatable bonds is 3. The van der Waals surface area contributed by atoms with Crippen LogP contribution in [0.15, 0.2) is 29.0 Å². The maximum Gasteiger partial charge on any atom is 0.128 e. The van der Waals surface area contributed by atoms with Gasteiger partial charge in [-0.3, -0.25) is 5.84 Å². The zero-order valence-electron chi connectivity index (χ0n) is 9.27. The lowest BCUT2D eigenvalue weighted by Crippen LogP contribution is -2.29. The molecule has 6 heteroatoms. The summed E-state index contributed by atoms with van der Waals surface area (Å²) in [6.07, 6.45) is 3.10. The van der Waals surface area contributed by atoms with Crippen molar-refractivity contribution >= 4 is 17.4 Å². The van der Waals surface area contributed by atoms with Crippen LogP contribution in [0.1, 0.15) is 22.9 Å². The quantitative estimate of drug-likeness (QED) is 0.572. The molecule has 2 heterocycles. The summed E-state index contributed by atoms with van der Waals surface area (Å²) in [6.45, 7) is 1.85. The predicted molar refractivity (Wildman–Crippen MR) is 66.3 cm³/mol. The molecule has 90 valence electrons. The van der Waals surface area contributed by atoms with Gasteiger partial charge in [-0.2, -0.15) is 0 Å². The van der Waals surface area contributed by atoms with Gasteiger partial charge >= 0.3 is 0 Å². The molecule has 5 N–H and O–H groups in total. The lowest BCUT2D eigenvalue weighted by molar-refractivity contribution is 0.520. The molecule has 1 unspecified atom stereocenters. The van der Waals surface area contributed by atoms with Crippen LogP contribution in [0.3, 0.4) is 0 Å². The van der Waals surface area contributed by atoms with E-state index in [4.69, 9.17) is 27.6 Å². The number of hydrazine groups is 1. The molecule has 0 bridgehead atoms. The van der Waals surface area contributed by atoms with Gasteiger partial charge in [0.05, 0.1) is 17.3 Å². The SMILES string of the molecule is Cc1occc1C(NN)c1cc(Cl)cnc1N. The molecule has 0 saturated carbocycles. The van der Waals surface area contributed by atoms with Crippen molar-refractivity contribution in [1.29, 1.82) is 0 Å². The van der Waals surface area contributed by atoms with Crippen LogP contribution < -0.4 is 17.0 Å². The monoisotopic (exact) mass is 252 g/mol. The second-order valence-corrected chi connectivity index (χ2v) is 4.10. The lowest BCUT2D eigenvalue weighted by atomic mass is 10.0. The van der Waals surface area contributed by atoms with Gasteiger partial charge in [0.1, 0.15) is 11.6 Å². The molecular formula is C11H13ClN4O.